The van der Waals surface area contributed by atoms with Crippen molar-refractivity contribution in [2.75, 3.05) is 0 Å². The number of aromatic nitrogens is 4. The molecule has 0 fully saturated rings. The molecule has 0 aliphatic carbocycles. The third-order valence-corrected chi connectivity index (χ3v) is 1.85. The van der Waals surface area contributed by atoms with Crippen LogP contribution in [0.2, 0.25) is 0 Å². The minimum atomic E-state index is 0.468. The molecular formula is C9H8N4O. The Morgan fingerprint density at radius 3 is 2.50 bits per heavy atom. The first kappa shape index (κ1) is 8.55. The Hall–Kier alpha value is -2.04. The molecule has 70 valence electrons. The van der Waals surface area contributed by atoms with Crippen LogP contribution in [-0.4, -0.2) is 25.8 Å². The summed E-state index contributed by atoms with van der Waals surface area (Å²) in [6.45, 7) is 0. The van der Waals surface area contributed by atoms with E-state index >= 15 is 0 Å². The summed E-state index contributed by atoms with van der Waals surface area (Å²) in [6.07, 6.45) is 7.04. The van der Waals surface area contributed by atoms with Gasteiger partial charge in [0.1, 0.15) is 5.69 Å². The zero-order valence-corrected chi connectivity index (χ0v) is 7.58. The van der Waals surface area contributed by atoms with Crippen LogP contribution in [0.1, 0.15) is 10.4 Å². The highest BCUT2D eigenvalue weighted by Gasteiger charge is 2.04. The number of imidazole rings is 1. The number of hydrogen-bond acceptors (Lipinski definition) is 4. The zero-order chi connectivity index (χ0) is 9.97. The Balaban J connectivity index is 2.43. The summed E-state index contributed by atoms with van der Waals surface area (Å²) in [7, 11) is 1.86. The van der Waals surface area contributed by atoms with Gasteiger partial charge in [-0.05, 0) is 0 Å². The minimum Gasteiger partial charge on any atom is -0.331 e. The molecule has 2 aromatic rings. The number of aryl methyl sites for hydroxylation is 1. The summed E-state index contributed by atoms with van der Waals surface area (Å²) in [5.41, 5.74) is 1.29. The van der Waals surface area contributed by atoms with Gasteiger partial charge in [-0.2, -0.15) is 0 Å². The van der Waals surface area contributed by atoms with Gasteiger partial charge in [-0.1, -0.05) is 0 Å². The van der Waals surface area contributed by atoms with Crippen LogP contribution in [0.15, 0.2) is 24.9 Å². The van der Waals surface area contributed by atoms with Crippen molar-refractivity contribution in [3.63, 3.8) is 0 Å². The normalized spacial score (nSPS) is 10.1. The van der Waals surface area contributed by atoms with Crippen molar-refractivity contribution < 1.29 is 4.79 Å². The highest BCUT2D eigenvalue weighted by molar-refractivity contribution is 5.73. The summed E-state index contributed by atoms with van der Waals surface area (Å²) >= 11 is 0. The van der Waals surface area contributed by atoms with E-state index in [0.29, 0.717) is 17.7 Å². The topological polar surface area (TPSA) is 60.7 Å². The van der Waals surface area contributed by atoms with E-state index < -0.39 is 0 Å². The first-order valence-corrected chi connectivity index (χ1v) is 4.05. The lowest BCUT2D eigenvalue weighted by Crippen LogP contribution is -1.95. The molecular weight excluding hydrogens is 180 g/mol. The fourth-order valence-electron chi connectivity index (χ4n) is 1.10. The molecule has 0 bridgehead atoms. The largest absolute Gasteiger partial charge is 0.331 e. The van der Waals surface area contributed by atoms with Gasteiger partial charge in [-0.15, -0.1) is 0 Å². The van der Waals surface area contributed by atoms with Crippen molar-refractivity contribution >= 4 is 6.29 Å². The minimum absolute atomic E-state index is 0.468. The van der Waals surface area contributed by atoms with Crippen molar-refractivity contribution in [3.8, 4) is 11.5 Å². The van der Waals surface area contributed by atoms with E-state index in [-0.39, 0.29) is 0 Å². The van der Waals surface area contributed by atoms with Gasteiger partial charge in [0.05, 0.1) is 18.1 Å². The lowest BCUT2D eigenvalue weighted by Gasteiger charge is -1.99. The van der Waals surface area contributed by atoms with Crippen molar-refractivity contribution in [1.29, 1.82) is 0 Å². The summed E-state index contributed by atoms with van der Waals surface area (Å²) in [4.78, 5) is 22.4. The second kappa shape index (κ2) is 3.37. The van der Waals surface area contributed by atoms with E-state index in [4.69, 9.17) is 0 Å². The third kappa shape index (κ3) is 1.39. The Kier molecular flexibility index (Phi) is 2.06. The second-order valence-corrected chi connectivity index (χ2v) is 2.85. The maximum absolute atomic E-state index is 10.4. The standard InChI is InChI=1S/C9H8N4O/c1-13-6-10-4-8(13)9-11-2-7(5-14)3-12-9/h2-6H,1H3. The molecule has 0 aromatic carbocycles. The van der Waals surface area contributed by atoms with Crippen LogP contribution in [-0.2, 0) is 7.05 Å². The van der Waals surface area contributed by atoms with Crippen molar-refractivity contribution in [2.45, 2.75) is 0 Å². The summed E-state index contributed by atoms with van der Waals surface area (Å²) < 4.78 is 1.82. The Bertz CT molecular complexity index is 446. The third-order valence-electron chi connectivity index (χ3n) is 1.85. The number of aldehydes is 1. The molecule has 0 unspecified atom stereocenters. The van der Waals surface area contributed by atoms with Gasteiger partial charge >= 0.3 is 0 Å². The summed E-state index contributed by atoms with van der Waals surface area (Å²) in [5.74, 6) is 0.565. The molecule has 0 radical (unpaired) electrons. The molecule has 5 heteroatoms. The molecule has 0 N–H and O–H groups in total. The number of rotatable bonds is 2. The fourth-order valence-corrected chi connectivity index (χ4v) is 1.10. The molecule has 0 saturated carbocycles. The van der Waals surface area contributed by atoms with Gasteiger partial charge in [0, 0.05) is 19.4 Å². The summed E-state index contributed by atoms with van der Waals surface area (Å²) in [5, 5.41) is 0. The zero-order valence-electron chi connectivity index (χ0n) is 7.58. The molecule has 0 aliphatic rings. The number of hydrogen-bond donors (Lipinski definition) is 0. The molecule has 0 amide bonds. The number of carbonyl (C=O) groups excluding carboxylic acids is 1. The van der Waals surface area contributed by atoms with Crippen LogP contribution in [0.4, 0.5) is 0 Å². The van der Waals surface area contributed by atoms with Crippen LogP contribution < -0.4 is 0 Å². The fraction of sp³-hybridized carbons (Fsp3) is 0.111. The second-order valence-electron chi connectivity index (χ2n) is 2.85. The molecule has 0 saturated heterocycles. The quantitative estimate of drug-likeness (QED) is 0.650. The smallest absolute Gasteiger partial charge is 0.177 e. The summed E-state index contributed by atoms with van der Waals surface area (Å²) in [6, 6.07) is 0. The Labute approximate surface area is 80.5 Å². The lowest BCUT2D eigenvalue weighted by atomic mass is 10.3. The molecule has 14 heavy (non-hydrogen) atoms. The van der Waals surface area contributed by atoms with Gasteiger partial charge in [0.25, 0.3) is 0 Å². The predicted molar refractivity (Wildman–Crippen MR) is 49.6 cm³/mol. The molecule has 0 atom stereocenters. The van der Waals surface area contributed by atoms with E-state index in [0.717, 1.165) is 5.69 Å². The van der Waals surface area contributed by atoms with Gasteiger partial charge in [0.15, 0.2) is 12.1 Å². The monoisotopic (exact) mass is 188 g/mol. The van der Waals surface area contributed by atoms with Crippen LogP contribution in [0.3, 0.4) is 0 Å². The van der Waals surface area contributed by atoms with Crippen LogP contribution >= 0.6 is 0 Å². The van der Waals surface area contributed by atoms with Gasteiger partial charge in [-0.25, -0.2) is 15.0 Å². The van der Waals surface area contributed by atoms with E-state index in [2.05, 4.69) is 15.0 Å². The molecule has 5 nitrogen and oxygen atoms in total. The SMILES string of the molecule is Cn1cncc1-c1ncc(C=O)cn1. The maximum atomic E-state index is 10.4. The van der Waals surface area contributed by atoms with Crippen molar-refractivity contribution in [3.05, 3.63) is 30.5 Å². The van der Waals surface area contributed by atoms with Gasteiger partial charge < -0.3 is 4.57 Å². The molecule has 2 rings (SSSR count). The number of carbonyl (C=O) groups is 1. The van der Waals surface area contributed by atoms with Crippen molar-refractivity contribution in [1.82, 2.24) is 19.5 Å². The first-order chi connectivity index (χ1) is 6.81. The van der Waals surface area contributed by atoms with Crippen LogP contribution in [0.25, 0.3) is 11.5 Å². The van der Waals surface area contributed by atoms with Crippen molar-refractivity contribution in [2.24, 2.45) is 7.05 Å². The van der Waals surface area contributed by atoms with Gasteiger partial charge in [-0.3, -0.25) is 4.79 Å². The van der Waals surface area contributed by atoms with Crippen LogP contribution in [0.5, 0.6) is 0 Å². The van der Waals surface area contributed by atoms with E-state index in [1.165, 1.54) is 12.4 Å². The molecule has 0 aliphatic heterocycles. The van der Waals surface area contributed by atoms with Crippen LogP contribution in [0, 0.1) is 0 Å². The average molecular weight is 188 g/mol. The van der Waals surface area contributed by atoms with E-state index in [9.17, 15) is 4.79 Å². The molecule has 0 spiro atoms. The first-order valence-electron chi connectivity index (χ1n) is 4.05. The Morgan fingerprint density at radius 1 is 1.29 bits per heavy atom. The average Bonchev–Trinajstić information content (AvgIpc) is 2.65. The van der Waals surface area contributed by atoms with Gasteiger partial charge in [0.2, 0.25) is 0 Å². The lowest BCUT2D eigenvalue weighted by molar-refractivity contribution is 0.112. The highest BCUT2D eigenvalue weighted by Crippen LogP contribution is 2.11. The van der Waals surface area contributed by atoms with E-state index in [1.54, 1.807) is 12.5 Å². The number of nitrogens with zero attached hydrogens (tertiary/aromatic N) is 4. The van der Waals surface area contributed by atoms with E-state index in [1.807, 2.05) is 11.6 Å². The molecule has 2 aromatic heterocycles. The predicted octanol–water partition coefficient (Wildman–Crippen LogP) is 0.690. The highest BCUT2D eigenvalue weighted by atomic mass is 16.1. The Morgan fingerprint density at radius 2 is 2.00 bits per heavy atom. The molecule has 2 heterocycles. The maximum Gasteiger partial charge on any atom is 0.177 e.